The van der Waals surface area contributed by atoms with Gasteiger partial charge < -0.3 is 20.3 Å². The number of morpholine rings is 1. The molecule has 5 nitrogen and oxygen atoms in total. The number of ether oxygens (including phenoxy) is 1. The normalized spacial score (nSPS) is 22.8. The van der Waals surface area contributed by atoms with Crippen LogP contribution in [0.5, 0.6) is 0 Å². The van der Waals surface area contributed by atoms with Crippen molar-refractivity contribution in [3.63, 3.8) is 0 Å². The second-order valence-electron chi connectivity index (χ2n) is 5.18. The van der Waals surface area contributed by atoms with Crippen molar-refractivity contribution in [2.75, 3.05) is 40.3 Å². The monoisotopic (exact) mass is 243 g/mol. The number of rotatable bonds is 5. The third kappa shape index (κ3) is 5.02. The summed E-state index contributed by atoms with van der Waals surface area (Å²) in [4.78, 5) is 14.1. The summed E-state index contributed by atoms with van der Waals surface area (Å²) in [6.07, 6.45) is -0.341. The Labute approximate surface area is 104 Å². The molecule has 0 saturated carbocycles. The van der Waals surface area contributed by atoms with E-state index in [1.807, 2.05) is 14.1 Å². The Morgan fingerprint density at radius 2 is 2.24 bits per heavy atom. The minimum absolute atomic E-state index is 0.00208. The Hall–Kier alpha value is -0.650. The smallest absolute Gasteiger partial charge is 0.250 e. The van der Waals surface area contributed by atoms with Crippen LogP contribution in [0.15, 0.2) is 0 Å². The summed E-state index contributed by atoms with van der Waals surface area (Å²) in [5.41, 5.74) is 0. The Bertz CT molecular complexity index is 238. The molecule has 5 heteroatoms. The molecule has 0 radical (unpaired) electrons. The van der Waals surface area contributed by atoms with Crippen LogP contribution in [0.1, 0.15) is 13.8 Å². The van der Waals surface area contributed by atoms with Gasteiger partial charge in [-0.2, -0.15) is 0 Å². The highest BCUT2D eigenvalue weighted by molar-refractivity contribution is 5.81. The zero-order valence-electron chi connectivity index (χ0n) is 11.3. The zero-order chi connectivity index (χ0) is 12.8. The average molecular weight is 243 g/mol. The first-order chi connectivity index (χ1) is 8.00. The van der Waals surface area contributed by atoms with Gasteiger partial charge in [0.1, 0.15) is 6.10 Å². The number of nitrogens with zero attached hydrogens (tertiary/aromatic N) is 1. The fraction of sp³-hybridized carbons (Fsp3) is 0.917. The van der Waals surface area contributed by atoms with E-state index >= 15 is 0 Å². The van der Waals surface area contributed by atoms with E-state index in [1.54, 1.807) is 0 Å². The Kier molecular flexibility index (Phi) is 5.88. The summed E-state index contributed by atoms with van der Waals surface area (Å²) in [5.74, 6) is 0.413. The molecule has 1 amide bonds. The molecule has 0 aromatic heterocycles. The summed E-state index contributed by atoms with van der Waals surface area (Å²) in [6, 6.07) is 0.169. The van der Waals surface area contributed by atoms with E-state index in [2.05, 4.69) is 29.4 Å². The topological polar surface area (TPSA) is 53.6 Å². The second kappa shape index (κ2) is 6.93. The van der Waals surface area contributed by atoms with Crippen LogP contribution in [0, 0.1) is 5.92 Å². The van der Waals surface area contributed by atoms with E-state index in [9.17, 15) is 4.79 Å². The number of likely N-dealkylation sites (N-methyl/N-ethyl adjacent to an activating group) is 1. The van der Waals surface area contributed by atoms with Gasteiger partial charge in [-0.15, -0.1) is 0 Å². The minimum Gasteiger partial charge on any atom is -0.366 e. The van der Waals surface area contributed by atoms with E-state index in [-0.39, 0.29) is 18.1 Å². The lowest BCUT2D eigenvalue weighted by Crippen LogP contribution is -2.53. The van der Waals surface area contributed by atoms with Crippen LogP contribution in [0.25, 0.3) is 0 Å². The van der Waals surface area contributed by atoms with Crippen LogP contribution in [0.3, 0.4) is 0 Å². The molecule has 0 aromatic rings. The van der Waals surface area contributed by atoms with Crippen LogP contribution in [-0.4, -0.2) is 63.3 Å². The van der Waals surface area contributed by atoms with Crippen LogP contribution in [0.2, 0.25) is 0 Å². The highest BCUT2D eigenvalue weighted by Crippen LogP contribution is 2.04. The van der Waals surface area contributed by atoms with Gasteiger partial charge in [0.25, 0.3) is 5.91 Å². The second-order valence-corrected chi connectivity index (χ2v) is 5.18. The predicted molar refractivity (Wildman–Crippen MR) is 67.9 cm³/mol. The van der Waals surface area contributed by atoms with Gasteiger partial charge in [0.05, 0.1) is 6.61 Å². The van der Waals surface area contributed by atoms with Crippen molar-refractivity contribution in [1.82, 2.24) is 15.5 Å². The van der Waals surface area contributed by atoms with Crippen molar-refractivity contribution in [1.29, 1.82) is 0 Å². The van der Waals surface area contributed by atoms with E-state index in [4.69, 9.17) is 4.74 Å². The van der Waals surface area contributed by atoms with Crippen molar-refractivity contribution >= 4 is 5.91 Å². The molecule has 1 aliphatic rings. The molecule has 0 aromatic carbocycles. The molecule has 1 heterocycles. The molecular formula is C12H25N3O2. The molecule has 1 fully saturated rings. The molecule has 0 bridgehead atoms. The lowest BCUT2D eigenvalue weighted by atomic mass is 10.0. The first-order valence-electron chi connectivity index (χ1n) is 6.28. The molecule has 17 heavy (non-hydrogen) atoms. The molecule has 1 saturated heterocycles. The first kappa shape index (κ1) is 14.4. The summed E-state index contributed by atoms with van der Waals surface area (Å²) in [7, 11) is 4.03. The number of hydrogen-bond donors (Lipinski definition) is 2. The van der Waals surface area contributed by atoms with Crippen LogP contribution >= 0.6 is 0 Å². The van der Waals surface area contributed by atoms with Crippen molar-refractivity contribution in [3.05, 3.63) is 0 Å². The molecule has 0 spiro atoms. The lowest BCUT2D eigenvalue weighted by Gasteiger charge is -2.29. The lowest BCUT2D eigenvalue weighted by molar-refractivity contribution is -0.135. The molecule has 1 rings (SSSR count). The standard InChI is InChI=1S/C12H25N3O2/c1-9(2)10(8-15(3)4)14-12(16)11-7-13-5-6-17-11/h9-11,13H,5-8H2,1-4H3,(H,14,16). The molecule has 2 unspecified atom stereocenters. The Balaban J connectivity index is 2.44. The third-order valence-electron chi connectivity index (χ3n) is 2.91. The van der Waals surface area contributed by atoms with Crippen LogP contribution < -0.4 is 10.6 Å². The zero-order valence-corrected chi connectivity index (χ0v) is 11.3. The van der Waals surface area contributed by atoms with Gasteiger partial charge in [-0.1, -0.05) is 13.8 Å². The van der Waals surface area contributed by atoms with E-state index in [0.29, 0.717) is 19.1 Å². The van der Waals surface area contributed by atoms with Gasteiger partial charge in [0.2, 0.25) is 0 Å². The molecular weight excluding hydrogens is 218 g/mol. The fourth-order valence-electron chi connectivity index (χ4n) is 1.83. The Morgan fingerprint density at radius 3 is 2.71 bits per heavy atom. The van der Waals surface area contributed by atoms with Gasteiger partial charge in [0, 0.05) is 25.7 Å². The van der Waals surface area contributed by atoms with Crippen molar-refractivity contribution in [2.45, 2.75) is 26.0 Å². The SMILES string of the molecule is CC(C)C(CN(C)C)NC(=O)C1CNCCO1. The molecule has 1 aliphatic heterocycles. The summed E-state index contributed by atoms with van der Waals surface area (Å²) >= 11 is 0. The number of hydrogen-bond acceptors (Lipinski definition) is 4. The molecule has 2 atom stereocenters. The van der Waals surface area contributed by atoms with Gasteiger partial charge in [-0.05, 0) is 20.0 Å². The van der Waals surface area contributed by atoms with Crippen molar-refractivity contribution in [3.8, 4) is 0 Å². The van der Waals surface area contributed by atoms with E-state index < -0.39 is 0 Å². The minimum atomic E-state index is -0.341. The van der Waals surface area contributed by atoms with Gasteiger partial charge >= 0.3 is 0 Å². The quantitative estimate of drug-likeness (QED) is 0.695. The molecule has 0 aliphatic carbocycles. The van der Waals surface area contributed by atoms with Gasteiger partial charge in [-0.3, -0.25) is 4.79 Å². The van der Waals surface area contributed by atoms with E-state index in [0.717, 1.165) is 13.1 Å². The van der Waals surface area contributed by atoms with Crippen molar-refractivity contribution in [2.24, 2.45) is 5.92 Å². The number of carbonyl (C=O) groups excluding carboxylic acids is 1. The maximum absolute atomic E-state index is 12.0. The maximum Gasteiger partial charge on any atom is 0.250 e. The predicted octanol–water partition coefficient (Wildman–Crippen LogP) is -0.323. The first-order valence-corrected chi connectivity index (χ1v) is 6.28. The van der Waals surface area contributed by atoms with E-state index in [1.165, 1.54) is 0 Å². The highest BCUT2D eigenvalue weighted by Gasteiger charge is 2.25. The van der Waals surface area contributed by atoms with Crippen LogP contribution in [0.4, 0.5) is 0 Å². The largest absolute Gasteiger partial charge is 0.366 e. The van der Waals surface area contributed by atoms with Crippen molar-refractivity contribution < 1.29 is 9.53 Å². The fourth-order valence-corrected chi connectivity index (χ4v) is 1.83. The summed E-state index contributed by atoms with van der Waals surface area (Å²) in [5, 5.41) is 6.23. The summed E-state index contributed by atoms with van der Waals surface area (Å²) < 4.78 is 5.44. The van der Waals surface area contributed by atoms with Gasteiger partial charge in [-0.25, -0.2) is 0 Å². The number of carbonyl (C=O) groups is 1. The molecule has 2 N–H and O–H groups in total. The highest BCUT2D eigenvalue weighted by atomic mass is 16.5. The molecule has 100 valence electrons. The van der Waals surface area contributed by atoms with Crippen LogP contribution in [-0.2, 0) is 9.53 Å². The van der Waals surface area contributed by atoms with Gasteiger partial charge in [0.15, 0.2) is 0 Å². The number of nitrogens with one attached hydrogen (secondary N) is 2. The Morgan fingerprint density at radius 1 is 1.53 bits per heavy atom. The summed E-state index contributed by atoms with van der Waals surface area (Å²) in [6.45, 7) is 7.14. The third-order valence-corrected chi connectivity index (χ3v) is 2.91. The number of amides is 1. The maximum atomic E-state index is 12.0. The average Bonchev–Trinajstić information content (AvgIpc) is 2.28.